The number of fused-ring (bicyclic) bond motifs is 3. The van der Waals surface area contributed by atoms with Gasteiger partial charge in [-0.2, -0.15) is 0 Å². The zero-order valence-corrected chi connectivity index (χ0v) is 19.5. The van der Waals surface area contributed by atoms with Gasteiger partial charge in [0, 0.05) is 23.9 Å². The number of rotatable bonds is 4. The Labute approximate surface area is 195 Å². The number of para-hydroxylation sites is 1. The molecule has 1 saturated heterocycles. The lowest BCUT2D eigenvalue weighted by Gasteiger charge is -2.23. The Hall–Kier alpha value is -3.45. The van der Waals surface area contributed by atoms with E-state index in [0.29, 0.717) is 20.8 Å². The minimum atomic E-state index is -0.449. The number of pyridine rings is 1. The molecule has 0 bridgehead atoms. The van der Waals surface area contributed by atoms with Crippen LogP contribution in [0.5, 0.6) is 0 Å². The number of nitrogens with zero attached hydrogens (tertiary/aromatic N) is 3. The fourth-order valence-electron chi connectivity index (χ4n) is 4.47. The van der Waals surface area contributed by atoms with Crippen LogP contribution in [0, 0.1) is 6.92 Å². The van der Waals surface area contributed by atoms with E-state index < -0.39 is 5.97 Å². The fraction of sp³-hybridized carbons (Fsp3) is 0.269. The van der Waals surface area contributed by atoms with E-state index in [-0.39, 0.29) is 5.56 Å². The minimum Gasteiger partial charge on any atom is -0.465 e. The smallest absolute Gasteiger partial charge is 0.350 e. The van der Waals surface area contributed by atoms with Crippen LogP contribution in [0.3, 0.4) is 0 Å². The van der Waals surface area contributed by atoms with Gasteiger partial charge in [0.05, 0.1) is 19.1 Å². The molecule has 1 aliphatic rings. The number of carbonyl (C=O) groups excluding carboxylic acids is 1. The van der Waals surface area contributed by atoms with Crippen molar-refractivity contribution in [1.29, 1.82) is 0 Å². The average molecular weight is 460 g/mol. The summed E-state index contributed by atoms with van der Waals surface area (Å²) in [5, 5.41) is 2.18. The Balaban J connectivity index is 1.87. The van der Waals surface area contributed by atoms with E-state index in [1.807, 2.05) is 61.8 Å². The molecule has 0 amide bonds. The minimum absolute atomic E-state index is 0.114. The van der Waals surface area contributed by atoms with Crippen molar-refractivity contribution in [2.45, 2.75) is 26.2 Å². The van der Waals surface area contributed by atoms with Crippen LogP contribution in [-0.4, -0.2) is 42.0 Å². The summed E-state index contributed by atoms with van der Waals surface area (Å²) in [5.41, 5.74) is 2.22. The first kappa shape index (κ1) is 21.4. The predicted octanol–water partition coefficient (Wildman–Crippen LogP) is 5.45. The highest BCUT2D eigenvalue weighted by atomic mass is 32.1. The largest absolute Gasteiger partial charge is 0.465 e. The Morgan fingerprint density at radius 1 is 1.03 bits per heavy atom. The highest BCUT2D eigenvalue weighted by Gasteiger charge is 2.25. The highest BCUT2D eigenvalue weighted by Crippen LogP contribution is 2.42. The van der Waals surface area contributed by atoms with Gasteiger partial charge in [0.1, 0.15) is 15.4 Å². The molecule has 0 N–H and O–H groups in total. The van der Waals surface area contributed by atoms with Crippen molar-refractivity contribution in [3.05, 3.63) is 69.3 Å². The van der Waals surface area contributed by atoms with Crippen LogP contribution in [0.4, 0.5) is 5.69 Å². The molecular formula is C26H25N3O3S. The van der Waals surface area contributed by atoms with Gasteiger partial charge in [-0.3, -0.25) is 9.36 Å². The van der Waals surface area contributed by atoms with Crippen molar-refractivity contribution >= 4 is 50.3 Å². The number of hydrogen-bond donors (Lipinski definition) is 0. The number of carbonyl (C=O) groups is 1. The lowest BCUT2D eigenvalue weighted by molar-refractivity contribution is 0.0607. The zero-order chi connectivity index (χ0) is 22.9. The first-order chi connectivity index (χ1) is 16.1. The number of aryl methyl sites for hydroxylation is 1. The quantitative estimate of drug-likeness (QED) is 0.231. The molecular weight excluding hydrogens is 434 g/mol. The summed E-state index contributed by atoms with van der Waals surface area (Å²) >= 11 is 1.26. The Kier molecular flexibility index (Phi) is 5.72. The van der Waals surface area contributed by atoms with Gasteiger partial charge < -0.3 is 9.64 Å². The first-order valence-corrected chi connectivity index (χ1v) is 11.9. The van der Waals surface area contributed by atoms with Gasteiger partial charge in [0.15, 0.2) is 0 Å². The lowest BCUT2D eigenvalue weighted by atomic mass is 10.1. The number of esters is 1. The van der Waals surface area contributed by atoms with E-state index in [1.54, 1.807) is 4.57 Å². The van der Waals surface area contributed by atoms with Crippen LogP contribution in [0.25, 0.3) is 26.7 Å². The monoisotopic (exact) mass is 459 g/mol. The summed E-state index contributed by atoms with van der Waals surface area (Å²) < 4.78 is 6.82. The molecule has 168 valence electrons. The molecule has 2 aromatic heterocycles. The topological polar surface area (TPSA) is 63.9 Å². The fourth-order valence-corrected chi connectivity index (χ4v) is 5.66. The molecule has 0 atom stereocenters. The third-order valence-electron chi connectivity index (χ3n) is 6.17. The van der Waals surface area contributed by atoms with E-state index in [1.165, 1.54) is 24.9 Å². The van der Waals surface area contributed by atoms with Gasteiger partial charge in [-0.1, -0.05) is 36.4 Å². The molecule has 0 unspecified atom stereocenters. The number of aliphatic imine (C=N–C) groups is 1. The van der Waals surface area contributed by atoms with Crippen molar-refractivity contribution in [2.75, 3.05) is 20.2 Å². The van der Waals surface area contributed by atoms with Crippen molar-refractivity contribution in [3.63, 3.8) is 0 Å². The van der Waals surface area contributed by atoms with Gasteiger partial charge in [-0.05, 0) is 49.3 Å². The molecule has 33 heavy (non-hydrogen) atoms. The maximum Gasteiger partial charge on any atom is 0.350 e. The second-order valence-electron chi connectivity index (χ2n) is 8.27. The SMILES string of the molecule is COC(=O)c1sc2c(c1N=CN1CCCCC1)c1ccccc1c(=O)n2-c1ccccc1C. The van der Waals surface area contributed by atoms with E-state index in [0.717, 1.165) is 48.0 Å². The van der Waals surface area contributed by atoms with Gasteiger partial charge in [-0.25, -0.2) is 9.79 Å². The number of piperidine rings is 1. The van der Waals surface area contributed by atoms with Crippen LogP contribution in [0.15, 0.2) is 58.3 Å². The molecule has 1 aliphatic heterocycles. The number of methoxy groups -OCH3 is 1. The number of thiophene rings is 1. The summed E-state index contributed by atoms with van der Waals surface area (Å²) in [6.07, 6.45) is 5.34. The molecule has 5 rings (SSSR count). The zero-order valence-electron chi connectivity index (χ0n) is 18.7. The van der Waals surface area contributed by atoms with Crippen LogP contribution in [-0.2, 0) is 4.74 Å². The normalized spacial score (nSPS) is 14.4. The number of likely N-dealkylation sites (tertiary alicyclic amines) is 1. The van der Waals surface area contributed by atoms with Gasteiger partial charge in [0.2, 0.25) is 0 Å². The van der Waals surface area contributed by atoms with Crippen molar-refractivity contribution in [1.82, 2.24) is 9.47 Å². The molecule has 0 aliphatic carbocycles. The van der Waals surface area contributed by atoms with Crippen LogP contribution in [0.2, 0.25) is 0 Å². The van der Waals surface area contributed by atoms with E-state index in [2.05, 4.69) is 4.90 Å². The molecule has 6 nitrogen and oxygen atoms in total. The molecule has 1 fully saturated rings. The highest BCUT2D eigenvalue weighted by molar-refractivity contribution is 7.21. The molecule has 4 aromatic rings. The summed E-state index contributed by atoms with van der Waals surface area (Å²) in [6.45, 7) is 3.88. The summed E-state index contributed by atoms with van der Waals surface area (Å²) in [6, 6.07) is 15.3. The molecule has 2 aromatic carbocycles. The van der Waals surface area contributed by atoms with E-state index >= 15 is 0 Å². The Bertz CT molecular complexity index is 1440. The van der Waals surface area contributed by atoms with E-state index in [4.69, 9.17) is 9.73 Å². The van der Waals surface area contributed by atoms with Crippen molar-refractivity contribution in [3.8, 4) is 5.69 Å². The maximum atomic E-state index is 13.7. The van der Waals surface area contributed by atoms with Gasteiger partial charge in [0.25, 0.3) is 5.56 Å². The van der Waals surface area contributed by atoms with Crippen LogP contribution < -0.4 is 5.56 Å². The summed E-state index contributed by atoms with van der Waals surface area (Å²) in [5.74, 6) is -0.449. The molecule has 0 spiro atoms. The number of ether oxygens (including phenoxy) is 1. The Morgan fingerprint density at radius 2 is 1.73 bits per heavy atom. The third kappa shape index (κ3) is 3.72. The molecule has 0 saturated carbocycles. The summed E-state index contributed by atoms with van der Waals surface area (Å²) in [4.78, 5) is 34.6. The number of hydrogen-bond acceptors (Lipinski definition) is 5. The second-order valence-corrected chi connectivity index (χ2v) is 9.26. The lowest BCUT2D eigenvalue weighted by Crippen LogP contribution is -2.28. The summed E-state index contributed by atoms with van der Waals surface area (Å²) in [7, 11) is 1.37. The molecule has 7 heteroatoms. The van der Waals surface area contributed by atoms with E-state index in [9.17, 15) is 9.59 Å². The number of benzene rings is 2. The van der Waals surface area contributed by atoms with Crippen LogP contribution in [0.1, 0.15) is 34.5 Å². The van der Waals surface area contributed by atoms with Crippen molar-refractivity contribution in [2.24, 2.45) is 4.99 Å². The average Bonchev–Trinajstić information content (AvgIpc) is 3.23. The first-order valence-electron chi connectivity index (χ1n) is 11.1. The maximum absolute atomic E-state index is 13.7. The molecule has 0 radical (unpaired) electrons. The van der Waals surface area contributed by atoms with Crippen molar-refractivity contribution < 1.29 is 9.53 Å². The predicted molar refractivity (Wildman–Crippen MR) is 135 cm³/mol. The third-order valence-corrected chi connectivity index (χ3v) is 7.31. The number of aromatic nitrogens is 1. The Morgan fingerprint density at radius 3 is 2.45 bits per heavy atom. The molecule has 3 heterocycles. The van der Waals surface area contributed by atoms with Gasteiger partial charge >= 0.3 is 5.97 Å². The second kappa shape index (κ2) is 8.83. The van der Waals surface area contributed by atoms with Crippen LogP contribution >= 0.6 is 11.3 Å². The van der Waals surface area contributed by atoms with Gasteiger partial charge in [-0.15, -0.1) is 11.3 Å². The standard InChI is InChI=1S/C26H25N3O3S/c1-17-10-4-7-13-20(17)29-24(30)19-12-6-5-11-18(19)21-22(23(26(31)32-2)33-25(21)29)27-16-28-14-8-3-9-15-28/h4-7,10-13,16H,3,8-9,14-15H2,1-2H3.